The van der Waals surface area contributed by atoms with Gasteiger partial charge in [0.05, 0.1) is 6.04 Å². The number of ether oxygens (including phenoxy) is 1. The highest BCUT2D eigenvalue weighted by molar-refractivity contribution is 5.91. The molecule has 1 unspecified atom stereocenters. The molecule has 40 heavy (non-hydrogen) atoms. The van der Waals surface area contributed by atoms with E-state index in [0.717, 1.165) is 37.2 Å². The molecule has 212 valence electrons. The van der Waals surface area contributed by atoms with Crippen molar-refractivity contribution in [1.82, 2.24) is 15.1 Å². The number of hydrogen-bond donors (Lipinski definition) is 1. The van der Waals surface area contributed by atoms with E-state index < -0.39 is 0 Å². The second-order valence-electron chi connectivity index (χ2n) is 11.5. The van der Waals surface area contributed by atoms with E-state index >= 15 is 0 Å². The van der Waals surface area contributed by atoms with Gasteiger partial charge in [-0.3, -0.25) is 9.59 Å². The highest BCUT2D eigenvalue weighted by Crippen LogP contribution is 2.38. The molecule has 0 saturated carbocycles. The minimum atomic E-state index is -0.202. The van der Waals surface area contributed by atoms with E-state index in [1.807, 2.05) is 11.0 Å². The Labute approximate surface area is 237 Å². The molecule has 2 aliphatic heterocycles. The average molecular weight is 544 g/mol. The van der Waals surface area contributed by atoms with Crippen LogP contribution in [0.25, 0.3) is 0 Å². The fourth-order valence-electron chi connectivity index (χ4n) is 5.68. The number of hydrogen-bond acceptors (Lipinski definition) is 5. The second-order valence-corrected chi connectivity index (χ2v) is 11.5. The molecule has 2 aliphatic rings. The molecule has 2 amide bonds. The first-order chi connectivity index (χ1) is 19.4. The number of carbonyl (C=O) groups excluding carboxylic acids is 2. The third kappa shape index (κ3) is 6.76. The van der Waals surface area contributed by atoms with Crippen LogP contribution in [0.15, 0.2) is 59.0 Å². The van der Waals surface area contributed by atoms with Gasteiger partial charge in [-0.2, -0.15) is 0 Å². The minimum absolute atomic E-state index is 0.154. The number of nitrogens with one attached hydrogen (secondary N) is 1. The topological polar surface area (TPSA) is 75.0 Å². The van der Waals surface area contributed by atoms with Crippen molar-refractivity contribution in [3.05, 3.63) is 88.4 Å². The molecule has 5 rings (SSSR count). The monoisotopic (exact) mass is 543 g/mol. The third-order valence-electron chi connectivity index (χ3n) is 7.82. The summed E-state index contributed by atoms with van der Waals surface area (Å²) in [6.07, 6.45) is 3.82. The van der Waals surface area contributed by atoms with Gasteiger partial charge in [-0.1, -0.05) is 49.7 Å². The molecule has 2 aromatic carbocycles. The lowest BCUT2D eigenvalue weighted by Crippen LogP contribution is -2.41. The Morgan fingerprint density at radius 2 is 1.80 bits per heavy atom. The van der Waals surface area contributed by atoms with Gasteiger partial charge in [0, 0.05) is 26.1 Å². The van der Waals surface area contributed by atoms with Crippen LogP contribution in [0.4, 0.5) is 0 Å². The molecule has 1 saturated heterocycles. The normalized spacial score (nSPS) is 17.2. The van der Waals surface area contributed by atoms with Crippen molar-refractivity contribution in [2.24, 2.45) is 5.92 Å². The Balaban J connectivity index is 1.27. The molecule has 1 fully saturated rings. The lowest BCUT2D eigenvalue weighted by atomic mass is 9.87. The van der Waals surface area contributed by atoms with Crippen molar-refractivity contribution < 1.29 is 18.7 Å². The zero-order chi connectivity index (χ0) is 28.1. The number of amides is 2. The molecule has 3 heterocycles. The number of furan rings is 1. The van der Waals surface area contributed by atoms with Gasteiger partial charge in [-0.25, -0.2) is 0 Å². The lowest BCUT2D eigenvalue weighted by Gasteiger charge is -2.38. The van der Waals surface area contributed by atoms with Crippen molar-refractivity contribution in [1.29, 1.82) is 0 Å². The molecular weight excluding hydrogens is 502 g/mol. The summed E-state index contributed by atoms with van der Waals surface area (Å²) in [4.78, 5) is 30.2. The first kappa shape index (κ1) is 28.0. The van der Waals surface area contributed by atoms with E-state index in [-0.39, 0.29) is 24.5 Å². The van der Waals surface area contributed by atoms with E-state index in [1.165, 1.54) is 24.0 Å². The van der Waals surface area contributed by atoms with Crippen LogP contribution >= 0.6 is 0 Å². The first-order valence-corrected chi connectivity index (χ1v) is 14.6. The Kier molecular flexibility index (Phi) is 8.90. The zero-order valence-corrected chi connectivity index (χ0v) is 23.9. The Morgan fingerprint density at radius 3 is 2.55 bits per heavy atom. The number of likely N-dealkylation sites (tertiary alicyclic amines) is 1. The summed E-state index contributed by atoms with van der Waals surface area (Å²) in [6, 6.07) is 17.9. The number of carbonyl (C=O) groups is 2. The number of nitrogens with zero attached hydrogens (tertiary/aromatic N) is 2. The van der Waals surface area contributed by atoms with Gasteiger partial charge in [-0.15, -0.1) is 0 Å². The van der Waals surface area contributed by atoms with Crippen LogP contribution < -0.4 is 10.1 Å². The maximum atomic E-state index is 13.3. The Hall–Kier alpha value is -3.58. The van der Waals surface area contributed by atoms with Crippen LogP contribution in [-0.2, 0) is 17.8 Å². The van der Waals surface area contributed by atoms with Gasteiger partial charge in [0.25, 0.3) is 5.91 Å². The SMILES string of the molecule is Cc1ccc(C2c3cc(OCc4ccc(C(=O)NCCN5CCCC5)o4)ccc3CCN2C(=O)CC(C)C)cc1. The molecule has 0 spiro atoms. The number of fused-ring (bicyclic) bond motifs is 1. The third-order valence-corrected chi connectivity index (χ3v) is 7.82. The van der Waals surface area contributed by atoms with Crippen LogP contribution in [0, 0.1) is 12.8 Å². The van der Waals surface area contributed by atoms with E-state index in [9.17, 15) is 9.59 Å². The van der Waals surface area contributed by atoms with Crippen molar-refractivity contribution in [2.75, 3.05) is 32.7 Å². The maximum absolute atomic E-state index is 13.3. The molecule has 0 bridgehead atoms. The minimum Gasteiger partial charge on any atom is -0.486 e. The first-order valence-electron chi connectivity index (χ1n) is 14.6. The summed E-state index contributed by atoms with van der Waals surface area (Å²) >= 11 is 0. The van der Waals surface area contributed by atoms with Gasteiger partial charge < -0.3 is 24.3 Å². The predicted octanol–water partition coefficient (Wildman–Crippen LogP) is 5.51. The molecule has 1 aromatic heterocycles. The fourth-order valence-corrected chi connectivity index (χ4v) is 5.68. The van der Waals surface area contributed by atoms with Crippen LogP contribution in [-0.4, -0.2) is 54.3 Å². The van der Waals surface area contributed by atoms with Crippen LogP contribution in [0.5, 0.6) is 5.75 Å². The van der Waals surface area contributed by atoms with E-state index in [1.54, 1.807) is 12.1 Å². The summed E-state index contributed by atoms with van der Waals surface area (Å²) < 4.78 is 11.9. The van der Waals surface area contributed by atoms with Crippen molar-refractivity contribution in [3.8, 4) is 5.75 Å². The summed E-state index contributed by atoms with van der Waals surface area (Å²) in [6.45, 7) is 10.9. The lowest BCUT2D eigenvalue weighted by molar-refractivity contribution is -0.134. The number of benzene rings is 2. The standard InChI is InChI=1S/C33H41N3O4/c1-23(2)20-31(37)36-18-14-25-10-11-27(21-29(25)32(36)26-8-6-24(3)7-9-26)39-22-28-12-13-30(40-28)33(38)34-15-19-35-16-4-5-17-35/h6-13,21,23,32H,4-5,14-20,22H2,1-3H3,(H,34,38). The van der Waals surface area contributed by atoms with Crippen LogP contribution in [0.3, 0.4) is 0 Å². The van der Waals surface area contributed by atoms with Crippen molar-refractivity contribution >= 4 is 11.8 Å². The van der Waals surface area contributed by atoms with Crippen molar-refractivity contribution in [2.45, 2.75) is 59.1 Å². The summed E-state index contributed by atoms with van der Waals surface area (Å²) in [5.74, 6) is 1.87. The van der Waals surface area contributed by atoms with Gasteiger partial charge in [-0.05, 0) is 86.1 Å². The van der Waals surface area contributed by atoms with Gasteiger partial charge in [0.1, 0.15) is 18.1 Å². The predicted molar refractivity (Wildman–Crippen MR) is 155 cm³/mol. The Bertz CT molecular complexity index is 1310. The van der Waals surface area contributed by atoms with Gasteiger partial charge >= 0.3 is 0 Å². The molecule has 1 atom stereocenters. The average Bonchev–Trinajstić information content (AvgIpc) is 3.64. The highest BCUT2D eigenvalue weighted by atomic mass is 16.5. The summed E-state index contributed by atoms with van der Waals surface area (Å²) in [5, 5.41) is 2.95. The Morgan fingerprint density at radius 1 is 1.02 bits per heavy atom. The van der Waals surface area contributed by atoms with Gasteiger partial charge in [0.15, 0.2) is 5.76 Å². The maximum Gasteiger partial charge on any atom is 0.287 e. The van der Waals surface area contributed by atoms with E-state index in [4.69, 9.17) is 9.15 Å². The van der Waals surface area contributed by atoms with E-state index in [0.29, 0.717) is 42.7 Å². The molecule has 0 aliphatic carbocycles. The molecule has 7 nitrogen and oxygen atoms in total. The smallest absolute Gasteiger partial charge is 0.287 e. The fraction of sp³-hybridized carbons (Fsp3) is 0.455. The van der Waals surface area contributed by atoms with Crippen molar-refractivity contribution in [3.63, 3.8) is 0 Å². The summed E-state index contributed by atoms with van der Waals surface area (Å²) in [5.41, 5.74) is 4.63. The molecule has 3 aromatic rings. The molecule has 0 radical (unpaired) electrons. The highest BCUT2D eigenvalue weighted by Gasteiger charge is 2.32. The van der Waals surface area contributed by atoms with Gasteiger partial charge in [0.2, 0.25) is 5.91 Å². The summed E-state index contributed by atoms with van der Waals surface area (Å²) in [7, 11) is 0. The molecule has 7 heteroatoms. The van der Waals surface area contributed by atoms with Crippen LogP contribution in [0.1, 0.15) is 77.7 Å². The number of aryl methyl sites for hydroxylation is 1. The van der Waals surface area contributed by atoms with Crippen LogP contribution in [0.2, 0.25) is 0 Å². The van der Waals surface area contributed by atoms with E-state index in [2.05, 4.69) is 67.4 Å². The zero-order valence-electron chi connectivity index (χ0n) is 23.9. The molecule has 1 N–H and O–H groups in total. The largest absolute Gasteiger partial charge is 0.486 e. The quantitative estimate of drug-likeness (QED) is 0.365. The second kappa shape index (κ2) is 12.7. The number of rotatable bonds is 10. The molecular formula is C33H41N3O4.